The third-order valence-corrected chi connectivity index (χ3v) is 4.36. The second kappa shape index (κ2) is 5.41. The van der Waals surface area contributed by atoms with Gasteiger partial charge in [-0.1, -0.05) is 0 Å². The van der Waals surface area contributed by atoms with Crippen LogP contribution in [0.2, 0.25) is 0 Å². The maximum atomic E-state index is 10.9. The molecule has 0 unspecified atom stereocenters. The van der Waals surface area contributed by atoms with E-state index in [9.17, 15) is 4.79 Å². The number of hydrogen-bond acceptors (Lipinski definition) is 4. The fourth-order valence-corrected chi connectivity index (χ4v) is 2.95. The molecule has 0 aliphatic rings. The molecule has 0 fully saturated rings. The first-order valence-corrected chi connectivity index (χ1v) is 7.66. The molecule has 5 nitrogen and oxygen atoms in total. The summed E-state index contributed by atoms with van der Waals surface area (Å²) < 4.78 is 8.47. The highest BCUT2D eigenvalue weighted by Crippen LogP contribution is 2.23. The lowest BCUT2D eigenvalue weighted by Crippen LogP contribution is -2.01. The van der Waals surface area contributed by atoms with Crippen molar-refractivity contribution >= 4 is 44.9 Å². The van der Waals surface area contributed by atoms with Gasteiger partial charge in [0, 0.05) is 17.8 Å². The fourth-order valence-electron chi connectivity index (χ4n) is 1.74. The molecular formula is C13H9IN2O3S. The normalized spacial score (nSPS) is 10.8. The van der Waals surface area contributed by atoms with Crippen LogP contribution in [0.5, 0.6) is 5.75 Å². The van der Waals surface area contributed by atoms with Crippen LogP contribution in [0.3, 0.4) is 0 Å². The Morgan fingerprint density at radius 3 is 3.10 bits per heavy atom. The lowest BCUT2D eigenvalue weighted by molar-refractivity contribution is 0.0696. The molecule has 0 radical (unpaired) electrons. The summed E-state index contributed by atoms with van der Waals surface area (Å²) in [6.45, 7) is 0.313. The predicted molar refractivity (Wildman–Crippen MR) is 83.5 cm³/mol. The second-order valence-corrected chi connectivity index (χ2v) is 6.10. The van der Waals surface area contributed by atoms with Crippen molar-refractivity contribution in [1.29, 1.82) is 0 Å². The Hall–Kier alpha value is -1.61. The van der Waals surface area contributed by atoms with Crippen LogP contribution in [-0.2, 0) is 6.61 Å². The third-order valence-electron chi connectivity index (χ3n) is 2.70. The molecule has 3 aromatic rings. The van der Waals surface area contributed by atoms with Crippen LogP contribution in [0.15, 0.2) is 36.0 Å². The Kier molecular flexibility index (Phi) is 3.62. The van der Waals surface area contributed by atoms with Crippen molar-refractivity contribution in [2.75, 3.05) is 0 Å². The zero-order valence-corrected chi connectivity index (χ0v) is 13.1. The molecule has 0 saturated carbocycles. The minimum absolute atomic E-state index is 0.214. The highest BCUT2D eigenvalue weighted by atomic mass is 127. The lowest BCUT2D eigenvalue weighted by atomic mass is 10.2. The number of hydrogen-bond donors (Lipinski definition) is 1. The molecule has 20 heavy (non-hydrogen) atoms. The number of halogens is 1. The standard InChI is InChI=1S/C13H9IN2O3S/c14-10-2-1-8(12(17)18)5-11(10)19-7-9-6-16-3-4-20-13(16)15-9/h1-6H,7H2,(H,17,18). The van der Waals surface area contributed by atoms with Crippen LogP contribution >= 0.6 is 33.9 Å². The zero-order chi connectivity index (χ0) is 14.1. The second-order valence-electron chi connectivity index (χ2n) is 4.06. The first-order chi connectivity index (χ1) is 9.63. The molecule has 102 valence electrons. The van der Waals surface area contributed by atoms with E-state index >= 15 is 0 Å². The summed E-state index contributed by atoms with van der Waals surface area (Å²) >= 11 is 3.67. The minimum Gasteiger partial charge on any atom is -0.486 e. The Labute approximate surface area is 132 Å². The number of carboxylic acids is 1. The monoisotopic (exact) mass is 400 g/mol. The Morgan fingerprint density at radius 1 is 1.50 bits per heavy atom. The molecule has 0 amide bonds. The number of carbonyl (C=O) groups is 1. The maximum Gasteiger partial charge on any atom is 0.335 e. The molecule has 3 rings (SSSR count). The number of aromatic nitrogens is 2. The number of rotatable bonds is 4. The molecule has 0 spiro atoms. The Morgan fingerprint density at radius 2 is 2.35 bits per heavy atom. The fraction of sp³-hybridized carbons (Fsp3) is 0.0769. The van der Waals surface area contributed by atoms with Gasteiger partial charge in [0.05, 0.1) is 14.8 Å². The number of aromatic carboxylic acids is 1. The molecule has 1 N–H and O–H groups in total. The number of nitrogens with zero attached hydrogens (tertiary/aromatic N) is 2. The number of thiazole rings is 1. The van der Waals surface area contributed by atoms with E-state index in [2.05, 4.69) is 27.6 Å². The highest BCUT2D eigenvalue weighted by Gasteiger charge is 2.09. The van der Waals surface area contributed by atoms with E-state index in [1.807, 2.05) is 22.2 Å². The molecule has 0 bridgehead atoms. The van der Waals surface area contributed by atoms with E-state index < -0.39 is 5.97 Å². The van der Waals surface area contributed by atoms with Gasteiger partial charge in [-0.15, -0.1) is 11.3 Å². The average Bonchev–Trinajstić information content (AvgIpc) is 2.98. The molecule has 0 atom stereocenters. The van der Waals surface area contributed by atoms with Gasteiger partial charge in [0.25, 0.3) is 0 Å². The van der Waals surface area contributed by atoms with Gasteiger partial charge in [0.1, 0.15) is 12.4 Å². The van der Waals surface area contributed by atoms with E-state index in [1.165, 1.54) is 6.07 Å². The van der Waals surface area contributed by atoms with E-state index in [0.717, 1.165) is 14.2 Å². The molecule has 2 heterocycles. The summed E-state index contributed by atoms with van der Waals surface area (Å²) in [5.41, 5.74) is 1.03. The van der Waals surface area contributed by atoms with Gasteiger partial charge in [-0.25, -0.2) is 9.78 Å². The van der Waals surface area contributed by atoms with Crippen LogP contribution in [0.4, 0.5) is 0 Å². The van der Waals surface area contributed by atoms with Crippen molar-refractivity contribution < 1.29 is 14.6 Å². The van der Waals surface area contributed by atoms with Crippen LogP contribution < -0.4 is 4.74 Å². The summed E-state index contributed by atoms with van der Waals surface area (Å²) in [5, 5.41) is 10.9. The predicted octanol–water partition coefficient (Wildman–Crippen LogP) is 3.28. The van der Waals surface area contributed by atoms with Crippen molar-refractivity contribution in [1.82, 2.24) is 9.38 Å². The lowest BCUT2D eigenvalue weighted by Gasteiger charge is -2.07. The van der Waals surface area contributed by atoms with E-state index in [1.54, 1.807) is 23.5 Å². The van der Waals surface area contributed by atoms with Gasteiger partial charge in [-0.3, -0.25) is 4.40 Å². The summed E-state index contributed by atoms with van der Waals surface area (Å²) in [6, 6.07) is 4.82. The van der Waals surface area contributed by atoms with Crippen molar-refractivity contribution in [3.05, 3.63) is 50.8 Å². The molecule has 0 aliphatic carbocycles. The number of carboxylic acid groups (broad SMARTS) is 1. The van der Waals surface area contributed by atoms with E-state index in [4.69, 9.17) is 9.84 Å². The summed E-state index contributed by atoms with van der Waals surface area (Å²) in [5.74, 6) is -0.407. The van der Waals surface area contributed by atoms with Gasteiger partial charge in [0.15, 0.2) is 4.96 Å². The van der Waals surface area contributed by atoms with Crippen molar-refractivity contribution in [2.24, 2.45) is 0 Å². The Bertz CT molecular complexity index is 752. The molecule has 0 saturated heterocycles. The van der Waals surface area contributed by atoms with Crippen molar-refractivity contribution in [3.8, 4) is 5.75 Å². The Balaban J connectivity index is 1.79. The van der Waals surface area contributed by atoms with Crippen molar-refractivity contribution in [2.45, 2.75) is 6.61 Å². The smallest absolute Gasteiger partial charge is 0.335 e. The van der Waals surface area contributed by atoms with Gasteiger partial charge in [-0.05, 0) is 40.8 Å². The molecule has 1 aromatic carbocycles. The van der Waals surface area contributed by atoms with Gasteiger partial charge in [0.2, 0.25) is 0 Å². The molecular weight excluding hydrogens is 391 g/mol. The summed E-state index contributed by atoms with van der Waals surface area (Å²) in [6.07, 6.45) is 3.84. The summed E-state index contributed by atoms with van der Waals surface area (Å²) in [7, 11) is 0. The van der Waals surface area contributed by atoms with E-state index in [0.29, 0.717) is 12.4 Å². The average molecular weight is 400 g/mol. The third kappa shape index (κ3) is 2.63. The number of ether oxygens (including phenoxy) is 1. The van der Waals surface area contributed by atoms with E-state index in [-0.39, 0.29) is 5.56 Å². The van der Waals surface area contributed by atoms with Gasteiger partial charge < -0.3 is 9.84 Å². The van der Waals surface area contributed by atoms with Crippen LogP contribution in [0, 0.1) is 3.57 Å². The minimum atomic E-state index is -0.964. The van der Waals surface area contributed by atoms with Crippen LogP contribution in [0.1, 0.15) is 16.1 Å². The maximum absolute atomic E-state index is 10.9. The molecule has 0 aliphatic heterocycles. The van der Waals surface area contributed by atoms with Crippen LogP contribution in [0.25, 0.3) is 4.96 Å². The largest absolute Gasteiger partial charge is 0.486 e. The summed E-state index contributed by atoms with van der Waals surface area (Å²) in [4.78, 5) is 16.3. The van der Waals surface area contributed by atoms with Gasteiger partial charge in [-0.2, -0.15) is 0 Å². The SMILES string of the molecule is O=C(O)c1ccc(I)c(OCc2cn3ccsc3n2)c1. The first-order valence-electron chi connectivity index (χ1n) is 5.70. The molecule has 2 aromatic heterocycles. The quantitative estimate of drug-likeness (QED) is 0.683. The zero-order valence-electron chi connectivity index (χ0n) is 10.1. The van der Waals surface area contributed by atoms with Crippen LogP contribution in [-0.4, -0.2) is 20.5 Å². The van der Waals surface area contributed by atoms with Crippen molar-refractivity contribution in [3.63, 3.8) is 0 Å². The highest BCUT2D eigenvalue weighted by molar-refractivity contribution is 14.1. The number of benzene rings is 1. The number of fused-ring (bicyclic) bond motifs is 1. The van der Waals surface area contributed by atoms with Gasteiger partial charge >= 0.3 is 5.97 Å². The molecule has 7 heteroatoms. The number of imidazole rings is 1. The first kappa shape index (κ1) is 13.4. The topological polar surface area (TPSA) is 63.8 Å².